The number of ether oxygens (including phenoxy) is 1. The van der Waals surface area contributed by atoms with Gasteiger partial charge >= 0.3 is 5.97 Å². The summed E-state index contributed by atoms with van der Waals surface area (Å²) in [6.07, 6.45) is 5.27. The number of methoxy groups -OCH3 is 1. The average molecular weight is 219 g/mol. The van der Waals surface area contributed by atoms with Crippen molar-refractivity contribution in [3.63, 3.8) is 0 Å². The molecule has 0 N–H and O–H groups in total. The molecule has 0 aliphatic rings. The summed E-state index contributed by atoms with van der Waals surface area (Å²) in [6.45, 7) is 0.380. The van der Waals surface area contributed by atoms with Gasteiger partial charge in [-0.3, -0.25) is 0 Å². The van der Waals surface area contributed by atoms with E-state index in [1.54, 1.807) is 15.9 Å². The van der Waals surface area contributed by atoms with Gasteiger partial charge in [0.15, 0.2) is 0 Å². The van der Waals surface area contributed by atoms with E-state index in [-0.39, 0.29) is 5.97 Å². The van der Waals surface area contributed by atoms with Crippen LogP contribution in [0.4, 0.5) is 0 Å². The van der Waals surface area contributed by atoms with Crippen molar-refractivity contribution in [2.75, 3.05) is 7.11 Å². The average Bonchev–Trinajstić information content (AvgIpc) is 2.80. The highest BCUT2D eigenvalue weighted by Crippen LogP contribution is 2.25. The van der Waals surface area contributed by atoms with Gasteiger partial charge < -0.3 is 9.30 Å². The third-order valence-electron chi connectivity index (χ3n) is 2.17. The number of fused-ring (bicyclic) bond motifs is 1. The summed E-state index contributed by atoms with van der Waals surface area (Å²) in [5.41, 5.74) is 1.50. The second-order valence-corrected chi connectivity index (χ2v) is 3.93. The van der Waals surface area contributed by atoms with Gasteiger partial charge in [0.1, 0.15) is 5.69 Å². The molecule has 2 heterocycles. The van der Waals surface area contributed by atoms with E-state index >= 15 is 0 Å². The third-order valence-corrected chi connectivity index (χ3v) is 3.02. The van der Waals surface area contributed by atoms with Crippen LogP contribution in [0.3, 0.4) is 0 Å². The van der Waals surface area contributed by atoms with E-state index in [1.807, 2.05) is 17.5 Å². The third kappa shape index (κ3) is 1.51. The fourth-order valence-corrected chi connectivity index (χ4v) is 2.33. The molecule has 0 radical (unpaired) electrons. The molecule has 0 bridgehead atoms. The molecule has 2 aromatic rings. The number of rotatable bonds is 2. The maximum absolute atomic E-state index is 11.5. The molecule has 2 rings (SSSR count). The van der Waals surface area contributed by atoms with E-state index in [0.717, 1.165) is 10.2 Å². The van der Waals surface area contributed by atoms with Crippen molar-refractivity contribution in [1.82, 2.24) is 4.57 Å². The van der Waals surface area contributed by atoms with Crippen LogP contribution in [0, 0.1) is 12.3 Å². The van der Waals surface area contributed by atoms with E-state index < -0.39 is 0 Å². The van der Waals surface area contributed by atoms with Gasteiger partial charge in [-0.1, -0.05) is 5.92 Å². The topological polar surface area (TPSA) is 31.2 Å². The molecule has 0 atom stereocenters. The maximum atomic E-state index is 11.5. The van der Waals surface area contributed by atoms with Crippen molar-refractivity contribution in [1.29, 1.82) is 0 Å². The minimum atomic E-state index is -0.353. The highest BCUT2D eigenvalue weighted by molar-refractivity contribution is 7.17. The Kier molecular flexibility index (Phi) is 2.48. The molecule has 0 aromatic carbocycles. The van der Waals surface area contributed by atoms with Crippen LogP contribution in [-0.4, -0.2) is 17.6 Å². The van der Waals surface area contributed by atoms with Crippen molar-refractivity contribution in [3.8, 4) is 12.3 Å². The van der Waals surface area contributed by atoms with Crippen LogP contribution in [0.2, 0.25) is 0 Å². The molecule has 0 saturated carbocycles. The van der Waals surface area contributed by atoms with Crippen LogP contribution in [0.25, 0.3) is 10.2 Å². The molecular weight excluding hydrogens is 210 g/mol. The van der Waals surface area contributed by atoms with Crippen molar-refractivity contribution < 1.29 is 9.53 Å². The summed E-state index contributed by atoms with van der Waals surface area (Å²) >= 11 is 1.58. The lowest BCUT2D eigenvalue weighted by Crippen LogP contribution is -2.09. The Balaban J connectivity index is 2.62. The largest absolute Gasteiger partial charge is 0.464 e. The van der Waals surface area contributed by atoms with Crippen LogP contribution < -0.4 is 0 Å². The van der Waals surface area contributed by atoms with Crippen molar-refractivity contribution in [3.05, 3.63) is 23.2 Å². The van der Waals surface area contributed by atoms with Crippen molar-refractivity contribution >= 4 is 27.5 Å². The van der Waals surface area contributed by atoms with Gasteiger partial charge in [-0.25, -0.2) is 4.79 Å². The van der Waals surface area contributed by atoms with Gasteiger partial charge in [-0.15, -0.1) is 17.8 Å². The SMILES string of the molecule is C#CCn1c(C(=O)OC)cc2sccc21. The van der Waals surface area contributed by atoms with Gasteiger partial charge in [-0.05, 0) is 17.5 Å². The lowest BCUT2D eigenvalue weighted by Gasteiger charge is -2.03. The first-order valence-electron chi connectivity index (χ1n) is 4.36. The zero-order chi connectivity index (χ0) is 10.8. The number of carbonyl (C=O) groups is 1. The van der Waals surface area contributed by atoms with Crippen molar-refractivity contribution in [2.24, 2.45) is 0 Å². The number of carbonyl (C=O) groups excluding carboxylic acids is 1. The summed E-state index contributed by atoms with van der Waals surface area (Å²) in [6, 6.07) is 3.76. The number of aromatic nitrogens is 1. The number of nitrogens with zero attached hydrogens (tertiary/aromatic N) is 1. The Morgan fingerprint density at radius 2 is 2.53 bits per heavy atom. The van der Waals surface area contributed by atoms with E-state index in [4.69, 9.17) is 11.2 Å². The van der Waals surface area contributed by atoms with Crippen LogP contribution in [0.1, 0.15) is 10.5 Å². The molecule has 0 amide bonds. The van der Waals surface area contributed by atoms with Gasteiger partial charge in [0.05, 0.1) is 23.9 Å². The summed E-state index contributed by atoms with van der Waals surface area (Å²) in [4.78, 5) is 11.5. The Hall–Kier alpha value is -1.73. The molecule has 2 aromatic heterocycles. The molecule has 0 spiro atoms. The predicted octanol–water partition coefficient (Wildman–Crippen LogP) is 2.12. The van der Waals surface area contributed by atoms with Gasteiger partial charge in [0.25, 0.3) is 0 Å². The summed E-state index contributed by atoms with van der Waals surface area (Å²) < 4.78 is 7.53. The summed E-state index contributed by atoms with van der Waals surface area (Å²) in [7, 11) is 1.36. The van der Waals surface area contributed by atoms with Gasteiger partial charge in [0, 0.05) is 0 Å². The normalized spacial score (nSPS) is 10.1. The molecule has 15 heavy (non-hydrogen) atoms. The molecule has 76 valence electrons. The van der Waals surface area contributed by atoms with Crippen LogP contribution in [-0.2, 0) is 11.3 Å². The highest BCUT2D eigenvalue weighted by Gasteiger charge is 2.15. The van der Waals surface area contributed by atoms with Gasteiger partial charge in [-0.2, -0.15) is 0 Å². The minimum absolute atomic E-state index is 0.353. The van der Waals surface area contributed by atoms with Gasteiger partial charge in [0.2, 0.25) is 0 Å². The second kappa shape index (κ2) is 3.79. The maximum Gasteiger partial charge on any atom is 0.354 e. The van der Waals surface area contributed by atoms with E-state index in [2.05, 4.69) is 5.92 Å². The number of hydrogen-bond donors (Lipinski definition) is 0. The Labute approximate surface area is 91.3 Å². The molecular formula is C11H9NO2S. The highest BCUT2D eigenvalue weighted by atomic mass is 32.1. The van der Waals surface area contributed by atoms with E-state index in [1.165, 1.54) is 7.11 Å². The molecule has 3 nitrogen and oxygen atoms in total. The Bertz CT molecular complexity index is 544. The summed E-state index contributed by atoms with van der Waals surface area (Å²) in [5, 5.41) is 1.97. The number of esters is 1. The fraction of sp³-hybridized carbons (Fsp3) is 0.182. The first kappa shape index (κ1) is 9.81. The fourth-order valence-electron chi connectivity index (χ4n) is 1.51. The Morgan fingerprint density at radius 3 is 3.20 bits per heavy atom. The first-order chi connectivity index (χ1) is 7.27. The molecule has 0 aliphatic heterocycles. The molecule has 0 aliphatic carbocycles. The second-order valence-electron chi connectivity index (χ2n) is 2.98. The number of hydrogen-bond acceptors (Lipinski definition) is 3. The van der Waals surface area contributed by atoms with E-state index in [9.17, 15) is 4.79 Å². The molecule has 0 unspecified atom stereocenters. The van der Waals surface area contributed by atoms with E-state index in [0.29, 0.717) is 12.2 Å². The minimum Gasteiger partial charge on any atom is -0.464 e. The van der Waals surface area contributed by atoms with Crippen molar-refractivity contribution in [2.45, 2.75) is 6.54 Å². The first-order valence-corrected chi connectivity index (χ1v) is 5.24. The predicted molar refractivity (Wildman–Crippen MR) is 60.0 cm³/mol. The lowest BCUT2D eigenvalue weighted by atomic mass is 10.4. The van der Waals surface area contributed by atoms with Crippen LogP contribution in [0.5, 0.6) is 0 Å². The number of terminal acetylenes is 1. The zero-order valence-electron chi connectivity index (χ0n) is 8.19. The zero-order valence-corrected chi connectivity index (χ0v) is 9.00. The Morgan fingerprint density at radius 1 is 1.73 bits per heavy atom. The smallest absolute Gasteiger partial charge is 0.354 e. The molecule has 0 fully saturated rings. The monoisotopic (exact) mass is 219 g/mol. The molecule has 4 heteroatoms. The molecule has 0 saturated heterocycles. The lowest BCUT2D eigenvalue weighted by molar-refractivity contribution is 0.0590. The van der Waals surface area contributed by atoms with Crippen LogP contribution >= 0.6 is 11.3 Å². The summed E-state index contributed by atoms with van der Waals surface area (Å²) in [5.74, 6) is 2.18. The quantitative estimate of drug-likeness (QED) is 0.572. The van der Waals surface area contributed by atoms with Crippen LogP contribution in [0.15, 0.2) is 17.5 Å². The number of thiophene rings is 1. The standard InChI is InChI=1S/C11H9NO2S/c1-3-5-12-8-4-6-15-10(8)7-9(12)11(13)14-2/h1,4,6-7H,5H2,2H3.